The van der Waals surface area contributed by atoms with Gasteiger partial charge in [0.1, 0.15) is 5.82 Å². The van der Waals surface area contributed by atoms with Crippen molar-refractivity contribution in [3.8, 4) is 17.1 Å². The molecule has 1 aromatic heterocycles. The molecular formula is C23H22F2N4O4. The maximum Gasteiger partial charge on any atom is 0.322 e. The first-order chi connectivity index (χ1) is 15.9. The van der Waals surface area contributed by atoms with Gasteiger partial charge in [0, 0.05) is 18.4 Å². The molecule has 0 aliphatic carbocycles. The zero-order valence-corrected chi connectivity index (χ0v) is 18.3. The normalized spacial score (nSPS) is 16.2. The van der Waals surface area contributed by atoms with Gasteiger partial charge in [0.2, 0.25) is 5.82 Å². The van der Waals surface area contributed by atoms with E-state index in [2.05, 4.69) is 15.5 Å². The summed E-state index contributed by atoms with van der Waals surface area (Å²) in [6.07, 6.45) is 0. The van der Waals surface area contributed by atoms with Crippen molar-refractivity contribution < 1.29 is 27.6 Å². The topological polar surface area (TPSA) is 89.7 Å². The maximum absolute atomic E-state index is 14.2. The molecule has 0 spiro atoms. The van der Waals surface area contributed by atoms with Crippen molar-refractivity contribution in [2.75, 3.05) is 27.4 Å². The smallest absolute Gasteiger partial charge is 0.322 e. The summed E-state index contributed by atoms with van der Waals surface area (Å²) in [7, 11) is 2.91. The van der Waals surface area contributed by atoms with Gasteiger partial charge in [-0.1, -0.05) is 17.3 Å². The average molecular weight is 456 g/mol. The fraction of sp³-hybridized carbons (Fsp3) is 0.261. The summed E-state index contributed by atoms with van der Waals surface area (Å²) in [5, 5.41) is 6.86. The minimum Gasteiger partial charge on any atom is -0.494 e. The van der Waals surface area contributed by atoms with Crippen LogP contribution in [-0.4, -0.2) is 48.4 Å². The maximum atomic E-state index is 14.2. The van der Waals surface area contributed by atoms with Crippen LogP contribution in [0.25, 0.3) is 17.0 Å². The largest absolute Gasteiger partial charge is 0.494 e. The van der Waals surface area contributed by atoms with Crippen molar-refractivity contribution in [2.24, 2.45) is 0 Å². The van der Waals surface area contributed by atoms with E-state index in [0.717, 1.165) is 0 Å². The number of urea groups is 1. The van der Waals surface area contributed by atoms with Crippen LogP contribution in [0.15, 0.2) is 52.7 Å². The van der Waals surface area contributed by atoms with Crippen LogP contribution in [0, 0.1) is 11.6 Å². The predicted octanol–water partition coefficient (Wildman–Crippen LogP) is 4.17. The molecule has 8 nitrogen and oxygen atoms in total. The Kier molecular flexibility index (Phi) is 6.36. The van der Waals surface area contributed by atoms with Crippen LogP contribution in [0.3, 0.4) is 0 Å². The van der Waals surface area contributed by atoms with Crippen molar-refractivity contribution in [2.45, 2.75) is 13.0 Å². The molecular weight excluding hydrogens is 434 g/mol. The molecule has 172 valence electrons. The van der Waals surface area contributed by atoms with Crippen LogP contribution in [0.4, 0.5) is 13.6 Å². The minimum atomic E-state index is -0.729. The number of nitrogens with one attached hydrogen (secondary N) is 1. The first-order valence-electron chi connectivity index (χ1n) is 10.1. The molecule has 1 aliphatic rings. The zero-order chi connectivity index (χ0) is 23.5. The number of carbonyl (C=O) groups is 1. The molecule has 0 saturated carbocycles. The fourth-order valence-corrected chi connectivity index (χ4v) is 3.70. The van der Waals surface area contributed by atoms with E-state index in [4.69, 9.17) is 14.0 Å². The van der Waals surface area contributed by atoms with E-state index in [0.29, 0.717) is 29.0 Å². The van der Waals surface area contributed by atoms with Crippen molar-refractivity contribution in [3.05, 3.63) is 71.3 Å². The highest BCUT2D eigenvalue weighted by atomic mass is 19.1. The molecule has 10 heteroatoms. The lowest BCUT2D eigenvalue weighted by Gasteiger charge is -2.35. The Bertz CT molecular complexity index is 1210. The average Bonchev–Trinajstić information content (AvgIpc) is 3.28. The third-order valence-electron chi connectivity index (χ3n) is 5.36. The Labute approximate surface area is 188 Å². The number of nitrogens with zero attached hydrogens (tertiary/aromatic N) is 3. The van der Waals surface area contributed by atoms with Gasteiger partial charge in [-0.25, -0.2) is 13.6 Å². The molecule has 1 atom stereocenters. The van der Waals surface area contributed by atoms with E-state index in [1.54, 1.807) is 25.1 Å². The number of aromatic nitrogens is 2. The van der Waals surface area contributed by atoms with Crippen LogP contribution in [-0.2, 0) is 4.74 Å². The second kappa shape index (κ2) is 9.37. The number of rotatable bonds is 7. The first kappa shape index (κ1) is 22.4. The van der Waals surface area contributed by atoms with Gasteiger partial charge in [0.05, 0.1) is 31.9 Å². The summed E-state index contributed by atoms with van der Waals surface area (Å²) < 4.78 is 43.7. The van der Waals surface area contributed by atoms with Crippen molar-refractivity contribution in [1.29, 1.82) is 0 Å². The molecule has 0 fully saturated rings. The Morgan fingerprint density at radius 3 is 2.70 bits per heavy atom. The summed E-state index contributed by atoms with van der Waals surface area (Å²) in [5.41, 5.74) is 1.96. The monoisotopic (exact) mass is 456 g/mol. The van der Waals surface area contributed by atoms with Crippen LogP contribution in [0.1, 0.15) is 24.4 Å². The lowest BCUT2D eigenvalue weighted by molar-refractivity contribution is 0.158. The molecule has 1 N–H and O–H groups in total. The molecule has 2 heterocycles. The molecule has 0 radical (unpaired) electrons. The van der Waals surface area contributed by atoms with Gasteiger partial charge >= 0.3 is 6.03 Å². The summed E-state index contributed by atoms with van der Waals surface area (Å²) in [5.74, 6) is -0.637. The van der Waals surface area contributed by atoms with Crippen LogP contribution < -0.4 is 10.1 Å². The Hall–Kier alpha value is -3.79. The number of halogens is 2. The van der Waals surface area contributed by atoms with E-state index >= 15 is 0 Å². The fourth-order valence-electron chi connectivity index (χ4n) is 3.70. The summed E-state index contributed by atoms with van der Waals surface area (Å²) >= 11 is 0. The van der Waals surface area contributed by atoms with Gasteiger partial charge in [-0.3, -0.25) is 4.90 Å². The van der Waals surface area contributed by atoms with E-state index < -0.39 is 17.7 Å². The molecule has 1 aliphatic heterocycles. The number of amides is 2. The third kappa shape index (κ3) is 4.42. The van der Waals surface area contributed by atoms with Crippen molar-refractivity contribution in [1.82, 2.24) is 20.4 Å². The van der Waals surface area contributed by atoms with Crippen molar-refractivity contribution in [3.63, 3.8) is 0 Å². The molecule has 4 rings (SSSR count). The number of allylic oxidation sites excluding steroid dienone is 1. The third-order valence-corrected chi connectivity index (χ3v) is 5.36. The predicted molar refractivity (Wildman–Crippen MR) is 115 cm³/mol. The Balaban J connectivity index is 1.79. The molecule has 1 unspecified atom stereocenters. The molecule has 2 aromatic carbocycles. The van der Waals surface area contributed by atoms with Crippen molar-refractivity contribution >= 4 is 11.6 Å². The van der Waals surface area contributed by atoms with E-state index in [9.17, 15) is 13.6 Å². The number of hydrogen-bond acceptors (Lipinski definition) is 6. The van der Waals surface area contributed by atoms with Gasteiger partial charge in [-0.05, 0) is 42.8 Å². The molecule has 3 aromatic rings. The minimum absolute atomic E-state index is 0.0935. The first-order valence-corrected chi connectivity index (χ1v) is 10.1. The van der Waals surface area contributed by atoms with Gasteiger partial charge in [-0.15, -0.1) is 0 Å². The van der Waals surface area contributed by atoms with Crippen LogP contribution in [0.5, 0.6) is 5.75 Å². The molecule has 33 heavy (non-hydrogen) atoms. The highest BCUT2D eigenvalue weighted by molar-refractivity contribution is 5.86. The molecule has 0 saturated heterocycles. The second-order valence-electron chi connectivity index (χ2n) is 7.35. The number of hydrogen-bond donors (Lipinski definition) is 1. The highest BCUT2D eigenvalue weighted by Gasteiger charge is 2.35. The second-order valence-corrected chi connectivity index (χ2v) is 7.35. The van der Waals surface area contributed by atoms with Gasteiger partial charge in [0.25, 0.3) is 5.89 Å². The van der Waals surface area contributed by atoms with Gasteiger partial charge in [-0.2, -0.15) is 4.98 Å². The summed E-state index contributed by atoms with van der Waals surface area (Å²) in [6.45, 7) is 2.34. The van der Waals surface area contributed by atoms with Gasteiger partial charge < -0.3 is 19.3 Å². The number of ether oxygens (including phenoxy) is 2. The summed E-state index contributed by atoms with van der Waals surface area (Å²) in [6, 6.07) is 9.13. The molecule has 2 amide bonds. The van der Waals surface area contributed by atoms with E-state index in [1.807, 2.05) is 0 Å². The number of methoxy groups -OCH3 is 2. The van der Waals surface area contributed by atoms with Gasteiger partial charge in [0.15, 0.2) is 11.6 Å². The lowest BCUT2D eigenvalue weighted by Crippen LogP contribution is -2.47. The standard InChI is InChI=1S/C23H22F2N4O4/c1-13-19(22-27-21(28-33-22)15-7-8-18(32-3)17(25)12-15)20(14-5-4-6-16(24)11-14)26-23(30)29(13)9-10-31-2/h4-8,11-12,20H,9-10H2,1-3H3,(H,26,30). The lowest BCUT2D eigenvalue weighted by atomic mass is 9.94. The highest BCUT2D eigenvalue weighted by Crippen LogP contribution is 2.37. The van der Waals surface area contributed by atoms with Crippen LogP contribution in [0.2, 0.25) is 0 Å². The molecule has 0 bridgehead atoms. The Morgan fingerprint density at radius 2 is 2.00 bits per heavy atom. The number of benzene rings is 2. The Morgan fingerprint density at radius 1 is 1.18 bits per heavy atom. The number of carbonyl (C=O) groups excluding carboxylic acids is 1. The van der Waals surface area contributed by atoms with E-state index in [1.165, 1.54) is 43.4 Å². The summed E-state index contributed by atoms with van der Waals surface area (Å²) in [4.78, 5) is 18.7. The SMILES string of the molecule is COCCN1C(=O)NC(c2cccc(F)c2)C(c2nc(-c3ccc(OC)c(F)c3)no2)=C1C. The van der Waals surface area contributed by atoms with Crippen LogP contribution >= 0.6 is 0 Å². The van der Waals surface area contributed by atoms with E-state index in [-0.39, 0.29) is 30.0 Å². The zero-order valence-electron chi connectivity index (χ0n) is 18.3. The quantitative estimate of drug-likeness (QED) is 0.574.